The smallest absolute Gasteiger partial charge is 0.404 e. The van der Waals surface area contributed by atoms with Crippen molar-refractivity contribution in [3.8, 4) is 5.75 Å². The molecule has 1 amide bonds. The van der Waals surface area contributed by atoms with Gasteiger partial charge in [0.2, 0.25) is 0 Å². The van der Waals surface area contributed by atoms with Gasteiger partial charge in [0, 0.05) is 18.4 Å². The van der Waals surface area contributed by atoms with Crippen molar-refractivity contribution in [3.05, 3.63) is 30.2 Å². The molecule has 0 atom stereocenters. The van der Waals surface area contributed by atoms with Crippen LogP contribution in [0.3, 0.4) is 0 Å². The summed E-state index contributed by atoms with van der Waals surface area (Å²) in [6.45, 7) is 6.49. The summed E-state index contributed by atoms with van der Waals surface area (Å²) in [5.74, 6) is 0.734. The molecule has 1 aromatic heterocycles. The molecule has 1 aromatic rings. The molecule has 22 heavy (non-hydrogen) atoms. The van der Waals surface area contributed by atoms with Crippen molar-refractivity contribution < 1.29 is 9.53 Å². The number of carbonyl (C=O) groups is 1. The second-order valence-electron chi connectivity index (χ2n) is 6.43. The van der Waals surface area contributed by atoms with Crippen molar-refractivity contribution in [3.63, 3.8) is 0 Å². The van der Waals surface area contributed by atoms with Crippen LogP contribution in [0.1, 0.15) is 26.5 Å². The van der Waals surface area contributed by atoms with Crippen molar-refractivity contribution in [1.29, 1.82) is 0 Å². The number of nitrogens with two attached hydrogens (primary N) is 2. The molecule has 120 valence electrons. The third-order valence-electron chi connectivity index (χ3n) is 3.38. The van der Waals surface area contributed by atoms with Gasteiger partial charge < -0.3 is 21.1 Å². The first-order valence-corrected chi connectivity index (χ1v) is 7.11. The van der Waals surface area contributed by atoms with Gasteiger partial charge in [0.25, 0.3) is 0 Å². The molecule has 0 unspecified atom stereocenters. The van der Waals surface area contributed by atoms with Gasteiger partial charge in [-0.3, -0.25) is 0 Å². The summed E-state index contributed by atoms with van der Waals surface area (Å²) < 4.78 is 6.73. The maximum atomic E-state index is 11.1. The number of hydrogen-bond acceptors (Lipinski definition) is 5. The number of anilines is 1. The number of ether oxygens (including phenoxy) is 1. The third-order valence-corrected chi connectivity index (χ3v) is 3.38. The summed E-state index contributed by atoms with van der Waals surface area (Å²) in [4.78, 5) is 13.1. The van der Waals surface area contributed by atoms with Crippen LogP contribution in [0, 0.1) is 5.92 Å². The quantitative estimate of drug-likeness (QED) is 0.887. The summed E-state index contributed by atoms with van der Waals surface area (Å²) in [7, 11) is 1.96. The highest BCUT2D eigenvalue weighted by Gasteiger charge is 2.28. The van der Waals surface area contributed by atoms with Crippen molar-refractivity contribution in [2.75, 3.05) is 12.8 Å². The summed E-state index contributed by atoms with van der Waals surface area (Å²) in [5.41, 5.74) is 11.5. The van der Waals surface area contributed by atoms with E-state index in [1.807, 2.05) is 45.1 Å². The van der Waals surface area contributed by atoms with Crippen LogP contribution in [-0.4, -0.2) is 27.8 Å². The van der Waals surface area contributed by atoms with Crippen molar-refractivity contribution in [2.45, 2.75) is 32.7 Å². The molecule has 0 saturated heterocycles. The summed E-state index contributed by atoms with van der Waals surface area (Å²) in [5, 5.41) is 4.52. The fraction of sp³-hybridized carbons (Fsp3) is 0.467. The highest BCUT2D eigenvalue weighted by Crippen LogP contribution is 2.35. The van der Waals surface area contributed by atoms with E-state index in [-0.39, 0.29) is 17.1 Å². The van der Waals surface area contributed by atoms with E-state index in [4.69, 9.17) is 16.2 Å². The van der Waals surface area contributed by atoms with Crippen LogP contribution in [0.2, 0.25) is 0 Å². The minimum absolute atomic E-state index is 0.174. The van der Waals surface area contributed by atoms with Gasteiger partial charge in [-0.25, -0.2) is 9.48 Å². The van der Waals surface area contributed by atoms with E-state index in [1.54, 1.807) is 4.68 Å². The second kappa shape index (κ2) is 5.75. The van der Waals surface area contributed by atoms with E-state index >= 15 is 0 Å². The summed E-state index contributed by atoms with van der Waals surface area (Å²) in [6, 6.07) is 0. The predicted molar refractivity (Wildman–Crippen MR) is 85.1 cm³/mol. The van der Waals surface area contributed by atoms with Gasteiger partial charge in [-0.15, -0.1) is 0 Å². The largest absolute Gasteiger partial charge is 0.410 e. The Hall–Kier alpha value is -2.44. The normalized spacial score (nSPS) is 15.4. The van der Waals surface area contributed by atoms with Crippen LogP contribution in [0.4, 0.5) is 10.6 Å². The predicted octanol–water partition coefficient (Wildman–Crippen LogP) is 1.81. The molecule has 7 nitrogen and oxygen atoms in total. The van der Waals surface area contributed by atoms with Gasteiger partial charge in [0.05, 0.1) is 6.54 Å². The zero-order valence-electron chi connectivity index (χ0n) is 13.4. The molecule has 2 heterocycles. The first kappa shape index (κ1) is 15.9. The maximum Gasteiger partial charge on any atom is 0.410 e. The van der Waals surface area contributed by atoms with Crippen LogP contribution in [0.25, 0.3) is 0 Å². The summed E-state index contributed by atoms with van der Waals surface area (Å²) in [6.07, 6.45) is 7.20. The monoisotopic (exact) mass is 305 g/mol. The van der Waals surface area contributed by atoms with E-state index in [2.05, 4.69) is 17.3 Å². The molecule has 1 aliphatic rings. The molecule has 0 fully saturated rings. The van der Waals surface area contributed by atoms with Gasteiger partial charge in [0.1, 0.15) is 5.69 Å². The number of amides is 1. The summed E-state index contributed by atoms with van der Waals surface area (Å²) >= 11 is 0. The number of rotatable bonds is 3. The first-order valence-electron chi connectivity index (χ1n) is 7.11. The first-order chi connectivity index (χ1) is 10.2. The Morgan fingerprint density at radius 2 is 1.95 bits per heavy atom. The molecule has 7 heteroatoms. The van der Waals surface area contributed by atoms with Crippen molar-refractivity contribution >= 4 is 11.9 Å². The van der Waals surface area contributed by atoms with E-state index in [0.29, 0.717) is 18.1 Å². The van der Waals surface area contributed by atoms with Crippen LogP contribution in [0.15, 0.2) is 24.6 Å². The Morgan fingerprint density at radius 1 is 1.36 bits per heavy atom. The molecular formula is C15H23N5O2. The Morgan fingerprint density at radius 3 is 2.45 bits per heavy atom. The molecule has 0 bridgehead atoms. The Labute approximate surface area is 130 Å². The number of nitrogens with zero attached hydrogens (tertiary/aromatic N) is 3. The number of primary amides is 1. The highest BCUT2D eigenvalue weighted by atomic mass is 16.5. The SMILES string of the molecule is CN1C=CC(Cn2nc(C(C)(C)C)c(OC(N)=O)c2N)C=C1. The molecule has 0 saturated carbocycles. The number of nitrogen functional groups attached to an aromatic ring is 1. The molecule has 4 N–H and O–H groups in total. The van der Waals surface area contributed by atoms with Crippen LogP contribution in [-0.2, 0) is 12.0 Å². The molecular weight excluding hydrogens is 282 g/mol. The lowest BCUT2D eigenvalue weighted by Crippen LogP contribution is -2.20. The zero-order valence-corrected chi connectivity index (χ0v) is 13.4. The van der Waals surface area contributed by atoms with E-state index in [9.17, 15) is 4.79 Å². The standard InChI is InChI=1S/C15H23N5O2/c1-15(2,3)12-11(22-14(17)21)13(16)20(18-12)9-10-5-7-19(4)8-6-10/h5-8,10H,9,16H2,1-4H3,(H2,17,21). The van der Waals surface area contributed by atoms with Gasteiger partial charge >= 0.3 is 6.09 Å². The topological polar surface area (TPSA) is 99.4 Å². The molecule has 0 spiro atoms. The van der Waals surface area contributed by atoms with Crippen molar-refractivity contribution in [2.24, 2.45) is 11.7 Å². The highest BCUT2D eigenvalue weighted by molar-refractivity contribution is 5.71. The number of carbonyl (C=O) groups excluding carboxylic acids is 1. The van der Waals surface area contributed by atoms with E-state index in [0.717, 1.165) is 0 Å². The lowest BCUT2D eigenvalue weighted by molar-refractivity contribution is 0.210. The molecule has 0 aliphatic carbocycles. The molecule has 0 aromatic carbocycles. The number of allylic oxidation sites excluding steroid dienone is 2. The Balaban J connectivity index is 2.32. The van der Waals surface area contributed by atoms with Crippen LogP contribution in [0.5, 0.6) is 5.75 Å². The average molecular weight is 305 g/mol. The fourth-order valence-electron chi connectivity index (χ4n) is 2.22. The Bertz CT molecular complexity index is 611. The number of aromatic nitrogens is 2. The Kier molecular flexibility index (Phi) is 4.16. The van der Waals surface area contributed by atoms with E-state index < -0.39 is 6.09 Å². The van der Waals surface area contributed by atoms with Gasteiger partial charge in [-0.05, 0) is 12.4 Å². The lowest BCUT2D eigenvalue weighted by atomic mass is 9.92. The minimum Gasteiger partial charge on any atom is -0.404 e. The number of hydrogen-bond donors (Lipinski definition) is 2. The van der Waals surface area contributed by atoms with Crippen LogP contribution >= 0.6 is 0 Å². The molecule has 1 aliphatic heterocycles. The van der Waals surface area contributed by atoms with Gasteiger partial charge in [0.15, 0.2) is 11.6 Å². The van der Waals surface area contributed by atoms with E-state index in [1.165, 1.54) is 0 Å². The molecule has 0 radical (unpaired) electrons. The molecule has 2 rings (SSSR count). The minimum atomic E-state index is -0.893. The fourth-order valence-corrected chi connectivity index (χ4v) is 2.22. The van der Waals surface area contributed by atoms with Crippen LogP contribution < -0.4 is 16.2 Å². The van der Waals surface area contributed by atoms with Gasteiger partial charge in [-0.1, -0.05) is 32.9 Å². The van der Waals surface area contributed by atoms with Crippen molar-refractivity contribution in [1.82, 2.24) is 14.7 Å². The zero-order chi connectivity index (χ0) is 16.5. The average Bonchev–Trinajstić information content (AvgIpc) is 2.70. The second-order valence-corrected chi connectivity index (χ2v) is 6.43. The van der Waals surface area contributed by atoms with Gasteiger partial charge in [-0.2, -0.15) is 5.10 Å². The lowest BCUT2D eigenvalue weighted by Gasteiger charge is -2.18. The third kappa shape index (κ3) is 3.41. The maximum absolute atomic E-state index is 11.1.